The maximum atomic E-state index is 13.0. The molecule has 2 atom stereocenters. The molecule has 0 N–H and O–H groups in total. The number of rotatable bonds is 3. The Morgan fingerprint density at radius 2 is 2.37 bits per heavy atom. The Morgan fingerprint density at radius 3 is 3.00 bits per heavy atom. The van der Waals surface area contributed by atoms with Gasteiger partial charge in [0.25, 0.3) is 0 Å². The van der Waals surface area contributed by atoms with Crippen LogP contribution in [0.4, 0.5) is 4.39 Å². The van der Waals surface area contributed by atoms with Crippen LogP contribution in [0.5, 0.6) is 0 Å². The number of aryl methyl sites for hydroxylation is 1. The lowest BCUT2D eigenvalue weighted by molar-refractivity contribution is -0.131. The molecular weight excluding hydrogens is 285 g/mol. The number of hydrogen-bond donors (Lipinski definition) is 0. The Labute approximate surface area is 121 Å². The van der Waals surface area contributed by atoms with Gasteiger partial charge in [0.15, 0.2) is 0 Å². The SMILES string of the molecule is O=C(CCc1ccc(F)c(Cl)c1)N1CC2CC1CS2. The van der Waals surface area contributed by atoms with Crippen LogP contribution < -0.4 is 0 Å². The minimum atomic E-state index is -0.411. The van der Waals surface area contributed by atoms with Crippen molar-refractivity contribution in [1.82, 2.24) is 4.90 Å². The molecule has 0 aliphatic carbocycles. The quantitative estimate of drug-likeness (QED) is 0.855. The Balaban J connectivity index is 1.57. The average Bonchev–Trinajstić information content (AvgIpc) is 3.02. The first kappa shape index (κ1) is 13.3. The second-order valence-corrected chi connectivity index (χ2v) is 6.88. The van der Waals surface area contributed by atoms with Crippen molar-refractivity contribution >= 4 is 29.3 Å². The largest absolute Gasteiger partial charge is 0.338 e. The van der Waals surface area contributed by atoms with Gasteiger partial charge in [0.05, 0.1) is 5.02 Å². The van der Waals surface area contributed by atoms with Crippen molar-refractivity contribution in [3.63, 3.8) is 0 Å². The van der Waals surface area contributed by atoms with Gasteiger partial charge in [-0.25, -0.2) is 4.39 Å². The number of likely N-dealkylation sites (tertiary alicyclic amines) is 1. The van der Waals surface area contributed by atoms with Crippen molar-refractivity contribution in [2.75, 3.05) is 12.3 Å². The first-order valence-electron chi connectivity index (χ1n) is 6.48. The molecule has 5 heteroatoms. The molecule has 1 amide bonds. The first-order valence-corrected chi connectivity index (χ1v) is 7.91. The maximum absolute atomic E-state index is 13.0. The molecule has 2 unspecified atom stereocenters. The van der Waals surface area contributed by atoms with Crippen LogP contribution in [0.25, 0.3) is 0 Å². The predicted molar refractivity (Wildman–Crippen MR) is 76.1 cm³/mol. The van der Waals surface area contributed by atoms with Gasteiger partial charge in [0, 0.05) is 30.0 Å². The number of fused-ring (bicyclic) bond motifs is 2. The van der Waals surface area contributed by atoms with Gasteiger partial charge < -0.3 is 4.90 Å². The van der Waals surface area contributed by atoms with Crippen molar-refractivity contribution in [1.29, 1.82) is 0 Å². The van der Waals surface area contributed by atoms with E-state index in [1.165, 1.54) is 6.07 Å². The lowest BCUT2D eigenvalue weighted by Gasteiger charge is -2.26. The van der Waals surface area contributed by atoms with Gasteiger partial charge in [-0.1, -0.05) is 17.7 Å². The molecule has 0 radical (unpaired) electrons. The molecule has 2 saturated heterocycles. The number of carbonyl (C=O) groups is 1. The smallest absolute Gasteiger partial charge is 0.223 e. The summed E-state index contributed by atoms with van der Waals surface area (Å²) in [6.07, 6.45) is 2.26. The molecule has 1 aromatic carbocycles. The van der Waals surface area contributed by atoms with Gasteiger partial charge in [-0.05, 0) is 30.5 Å². The fourth-order valence-electron chi connectivity index (χ4n) is 2.80. The summed E-state index contributed by atoms with van der Waals surface area (Å²) >= 11 is 7.71. The average molecular weight is 300 g/mol. The highest BCUT2D eigenvalue weighted by molar-refractivity contribution is 8.00. The van der Waals surface area contributed by atoms with E-state index in [0.717, 1.165) is 24.3 Å². The molecule has 2 bridgehead atoms. The van der Waals surface area contributed by atoms with E-state index in [4.69, 9.17) is 11.6 Å². The summed E-state index contributed by atoms with van der Waals surface area (Å²) in [5.41, 5.74) is 0.915. The van der Waals surface area contributed by atoms with Crippen LogP contribution in [-0.4, -0.2) is 34.4 Å². The van der Waals surface area contributed by atoms with Crippen molar-refractivity contribution in [2.24, 2.45) is 0 Å². The number of hydrogen-bond acceptors (Lipinski definition) is 2. The maximum Gasteiger partial charge on any atom is 0.223 e. The Morgan fingerprint density at radius 1 is 1.53 bits per heavy atom. The molecule has 102 valence electrons. The van der Waals surface area contributed by atoms with Crippen molar-refractivity contribution in [3.05, 3.63) is 34.6 Å². The van der Waals surface area contributed by atoms with E-state index in [0.29, 0.717) is 24.1 Å². The van der Waals surface area contributed by atoms with Gasteiger partial charge in [-0.15, -0.1) is 0 Å². The zero-order chi connectivity index (χ0) is 13.4. The highest BCUT2D eigenvalue weighted by Crippen LogP contribution is 2.37. The van der Waals surface area contributed by atoms with E-state index in [9.17, 15) is 9.18 Å². The monoisotopic (exact) mass is 299 g/mol. The van der Waals surface area contributed by atoms with E-state index < -0.39 is 5.82 Å². The van der Waals surface area contributed by atoms with Gasteiger partial charge in [0.2, 0.25) is 5.91 Å². The van der Waals surface area contributed by atoms with Crippen molar-refractivity contribution < 1.29 is 9.18 Å². The summed E-state index contributed by atoms with van der Waals surface area (Å²) < 4.78 is 13.0. The highest BCUT2D eigenvalue weighted by Gasteiger charge is 2.40. The summed E-state index contributed by atoms with van der Waals surface area (Å²) in [6, 6.07) is 5.10. The fourth-order valence-corrected chi connectivity index (χ4v) is 4.43. The molecule has 0 spiro atoms. The number of carbonyl (C=O) groups excluding carboxylic acids is 1. The number of benzene rings is 1. The number of nitrogens with zero attached hydrogens (tertiary/aromatic N) is 1. The molecule has 3 rings (SSSR count). The zero-order valence-corrected chi connectivity index (χ0v) is 12.0. The molecule has 1 aromatic rings. The van der Waals surface area contributed by atoms with Gasteiger partial charge in [-0.3, -0.25) is 4.79 Å². The van der Waals surface area contributed by atoms with Crippen LogP contribution in [0.1, 0.15) is 18.4 Å². The van der Waals surface area contributed by atoms with Gasteiger partial charge in [-0.2, -0.15) is 11.8 Å². The molecule has 0 aromatic heterocycles. The van der Waals surface area contributed by atoms with Crippen molar-refractivity contribution in [3.8, 4) is 0 Å². The summed E-state index contributed by atoms with van der Waals surface area (Å²) in [5.74, 6) is 0.887. The van der Waals surface area contributed by atoms with E-state index in [-0.39, 0.29) is 10.9 Å². The summed E-state index contributed by atoms with van der Waals surface area (Å²) in [7, 11) is 0. The van der Waals surface area contributed by atoms with Crippen LogP contribution in [0, 0.1) is 5.82 Å². The molecule has 2 nitrogen and oxygen atoms in total. The normalized spacial score (nSPS) is 25.1. The Kier molecular flexibility index (Phi) is 3.72. The molecule has 2 fully saturated rings. The Hall–Kier alpha value is -0.740. The lowest BCUT2D eigenvalue weighted by atomic mass is 10.1. The zero-order valence-electron chi connectivity index (χ0n) is 10.4. The van der Waals surface area contributed by atoms with Gasteiger partial charge >= 0.3 is 0 Å². The van der Waals surface area contributed by atoms with E-state index in [1.807, 2.05) is 16.7 Å². The molecule has 2 heterocycles. The summed E-state index contributed by atoms with van der Waals surface area (Å²) in [4.78, 5) is 14.2. The first-order chi connectivity index (χ1) is 9.13. The third-order valence-corrected chi connectivity index (χ3v) is 5.51. The number of thioether (sulfide) groups is 1. The van der Waals surface area contributed by atoms with Gasteiger partial charge in [0.1, 0.15) is 5.82 Å². The highest BCUT2D eigenvalue weighted by atomic mass is 35.5. The molecular formula is C14H15ClFNOS. The molecule has 2 aliphatic rings. The summed E-state index contributed by atoms with van der Waals surface area (Å²) in [5, 5.41) is 0.774. The molecule has 19 heavy (non-hydrogen) atoms. The minimum absolute atomic E-state index is 0.126. The van der Waals surface area contributed by atoms with Crippen LogP contribution in [0.3, 0.4) is 0 Å². The van der Waals surface area contributed by atoms with E-state index in [2.05, 4.69) is 0 Å². The number of amides is 1. The predicted octanol–water partition coefficient (Wildman–Crippen LogP) is 3.13. The van der Waals surface area contributed by atoms with E-state index >= 15 is 0 Å². The van der Waals surface area contributed by atoms with Crippen LogP contribution in [0.15, 0.2) is 18.2 Å². The van der Waals surface area contributed by atoms with Crippen LogP contribution in [-0.2, 0) is 11.2 Å². The van der Waals surface area contributed by atoms with E-state index in [1.54, 1.807) is 12.1 Å². The second-order valence-electron chi connectivity index (χ2n) is 5.14. The van der Waals surface area contributed by atoms with Crippen LogP contribution in [0.2, 0.25) is 5.02 Å². The molecule has 2 aliphatic heterocycles. The summed E-state index contributed by atoms with van der Waals surface area (Å²) in [6.45, 7) is 0.901. The van der Waals surface area contributed by atoms with Crippen molar-refractivity contribution in [2.45, 2.75) is 30.6 Å². The molecule has 0 saturated carbocycles. The fraction of sp³-hybridized carbons (Fsp3) is 0.500. The van der Waals surface area contributed by atoms with Crippen LogP contribution >= 0.6 is 23.4 Å². The lowest BCUT2D eigenvalue weighted by Crippen LogP contribution is -2.39. The second kappa shape index (κ2) is 5.33. The minimum Gasteiger partial charge on any atom is -0.338 e. The Bertz CT molecular complexity index is 510. The third-order valence-electron chi connectivity index (χ3n) is 3.83. The topological polar surface area (TPSA) is 20.3 Å². The third kappa shape index (κ3) is 2.75. The number of halogens is 2. The standard InChI is InChI=1S/C14H15ClFNOS/c15-12-5-9(1-3-13(12)16)2-4-14(18)17-7-11-6-10(17)8-19-11/h1,3,5,10-11H,2,4,6-8H2.